The van der Waals surface area contributed by atoms with Crippen molar-refractivity contribution in [3.8, 4) is 0 Å². The summed E-state index contributed by atoms with van der Waals surface area (Å²) in [5, 5.41) is 2.13. The Morgan fingerprint density at radius 2 is 2.04 bits per heavy atom. The number of aromatic nitrogens is 1. The highest BCUT2D eigenvalue weighted by Gasteiger charge is 2.42. The van der Waals surface area contributed by atoms with Gasteiger partial charge in [-0.3, -0.25) is 14.7 Å². The fourth-order valence-electron chi connectivity index (χ4n) is 3.82. The van der Waals surface area contributed by atoms with Crippen LogP contribution in [0.15, 0.2) is 42.0 Å². The third kappa shape index (κ3) is 3.16. The number of hydrogen-bond acceptors (Lipinski definition) is 4. The van der Waals surface area contributed by atoms with E-state index >= 15 is 0 Å². The number of carbonyl (C=O) groups excluding carboxylic acids is 1. The van der Waals surface area contributed by atoms with Gasteiger partial charge in [0.05, 0.1) is 5.92 Å². The summed E-state index contributed by atoms with van der Waals surface area (Å²) in [7, 11) is 0. The molecule has 2 aromatic rings. The van der Waals surface area contributed by atoms with Crippen molar-refractivity contribution in [1.82, 2.24) is 14.8 Å². The molecule has 23 heavy (non-hydrogen) atoms. The second-order valence-electron chi connectivity index (χ2n) is 6.54. The van der Waals surface area contributed by atoms with Crippen LogP contribution in [0, 0.1) is 11.8 Å². The molecule has 0 N–H and O–H groups in total. The largest absolute Gasteiger partial charge is 0.338 e. The van der Waals surface area contributed by atoms with Crippen LogP contribution in [0.25, 0.3) is 0 Å². The third-order valence-corrected chi connectivity index (χ3v) is 5.86. The maximum atomic E-state index is 12.8. The molecule has 0 unspecified atom stereocenters. The van der Waals surface area contributed by atoms with Crippen LogP contribution in [-0.4, -0.2) is 40.3 Å². The summed E-state index contributed by atoms with van der Waals surface area (Å²) in [5.41, 5.74) is 1.17. The second-order valence-corrected chi connectivity index (χ2v) is 7.58. The fraction of sp³-hybridized carbons (Fsp3) is 0.444. The average Bonchev–Trinajstić information content (AvgIpc) is 3.21. The van der Waals surface area contributed by atoms with E-state index in [9.17, 15) is 4.79 Å². The average molecular weight is 327 g/mol. The number of rotatable bonds is 4. The first-order valence-electron chi connectivity index (χ1n) is 8.22. The molecule has 4 nitrogen and oxygen atoms in total. The van der Waals surface area contributed by atoms with Crippen molar-refractivity contribution in [2.24, 2.45) is 11.8 Å². The van der Waals surface area contributed by atoms with Gasteiger partial charge in [-0.1, -0.05) is 6.07 Å². The first-order valence-corrected chi connectivity index (χ1v) is 9.10. The van der Waals surface area contributed by atoms with E-state index in [1.54, 1.807) is 23.7 Å². The van der Waals surface area contributed by atoms with Crippen LogP contribution < -0.4 is 0 Å². The lowest BCUT2D eigenvalue weighted by Gasteiger charge is -2.34. The SMILES string of the molecule is O=C1[C@@H]2CN(Cc3cccs3)C[C@H]2CCN1Cc1ccncc1. The Labute approximate surface area is 140 Å². The zero-order valence-electron chi connectivity index (χ0n) is 13.1. The van der Waals surface area contributed by atoms with Crippen molar-refractivity contribution in [2.75, 3.05) is 19.6 Å². The Hall–Kier alpha value is -1.72. The molecule has 0 bridgehead atoms. The predicted octanol–water partition coefficient (Wildman–Crippen LogP) is 2.62. The minimum absolute atomic E-state index is 0.186. The van der Waals surface area contributed by atoms with Crippen molar-refractivity contribution in [2.45, 2.75) is 19.5 Å². The number of hydrogen-bond donors (Lipinski definition) is 0. The summed E-state index contributed by atoms with van der Waals surface area (Å²) in [6.45, 7) is 4.57. The van der Waals surface area contributed by atoms with Gasteiger partial charge in [0.2, 0.25) is 5.91 Å². The molecule has 0 aromatic carbocycles. The molecular formula is C18H21N3OS. The van der Waals surface area contributed by atoms with E-state index < -0.39 is 0 Å². The Kier molecular flexibility index (Phi) is 4.14. The molecular weight excluding hydrogens is 306 g/mol. The van der Waals surface area contributed by atoms with Gasteiger partial charge >= 0.3 is 0 Å². The standard InChI is InChI=1S/C18H21N3OS/c22-18-17-13-20(12-16-2-1-9-23-16)11-15(17)5-8-21(18)10-14-3-6-19-7-4-14/h1-4,6-7,9,15,17H,5,8,10-13H2/t15-,17-/m1/s1. The zero-order chi connectivity index (χ0) is 15.6. The molecule has 2 aliphatic heterocycles. The number of likely N-dealkylation sites (tertiary alicyclic amines) is 2. The van der Waals surface area contributed by atoms with Gasteiger partial charge in [0.1, 0.15) is 0 Å². The Bertz CT molecular complexity index is 658. The Morgan fingerprint density at radius 3 is 2.83 bits per heavy atom. The molecule has 2 aromatic heterocycles. The van der Waals surface area contributed by atoms with Gasteiger partial charge in [-0.2, -0.15) is 0 Å². The zero-order valence-corrected chi connectivity index (χ0v) is 13.9. The molecule has 2 fully saturated rings. The predicted molar refractivity (Wildman–Crippen MR) is 90.8 cm³/mol. The monoisotopic (exact) mass is 327 g/mol. The van der Waals surface area contributed by atoms with Gasteiger partial charge < -0.3 is 4.90 Å². The molecule has 120 valence electrons. The topological polar surface area (TPSA) is 36.4 Å². The summed E-state index contributed by atoms with van der Waals surface area (Å²) in [5.74, 6) is 1.06. The van der Waals surface area contributed by atoms with Gasteiger partial charge in [-0.25, -0.2) is 0 Å². The highest BCUT2D eigenvalue weighted by molar-refractivity contribution is 7.09. The van der Waals surface area contributed by atoms with E-state index in [0.29, 0.717) is 11.8 Å². The minimum Gasteiger partial charge on any atom is -0.338 e. The maximum Gasteiger partial charge on any atom is 0.227 e. The van der Waals surface area contributed by atoms with Crippen LogP contribution in [0.2, 0.25) is 0 Å². The van der Waals surface area contributed by atoms with Crippen LogP contribution >= 0.6 is 11.3 Å². The van der Waals surface area contributed by atoms with E-state index in [-0.39, 0.29) is 5.92 Å². The molecule has 2 saturated heterocycles. The van der Waals surface area contributed by atoms with Gasteiger partial charge in [0, 0.05) is 50.0 Å². The van der Waals surface area contributed by atoms with Crippen molar-refractivity contribution in [1.29, 1.82) is 0 Å². The third-order valence-electron chi connectivity index (χ3n) is 5.00. The highest BCUT2D eigenvalue weighted by Crippen LogP contribution is 2.33. The number of carbonyl (C=O) groups is 1. The summed E-state index contributed by atoms with van der Waals surface area (Å²) < 4.78 is 0. The van der Waals surface area contributed by atoms with E-state index in [1.807, 2.05) is 17.0 Å². The van der Waals surface area contributed by atoms with Crippen molar-refractivity contribution < 1.29 is 4.79 Å². The molecule has 0 aliphatic carbocycles. The van der Waals surface area contributed by atoms with Gasteiger partial charge in [0.25, 0.3) is 0 Å². The quantitative estimate of drug-likeness (QED) is 0.866. The lowest BCUT2D eigenvalue weighted by atomic mass is 9.88. The van der Waals surface area contributed by atoms with Crippen LogP contribution in [-0.2, 0) is 17.9 Å². The van der Waals surface area contributed by atoms with E-state index in [1.165, 1.54) is 10.4 Å². The molecule has 1 amide bonds. The summed E-state index contributed by atoms with van der Waals surface area (Å²) >= 11 is 1.80. The van der Waals surface area contributed by atoms with Crippen molar-refractivity contribution in [3.05, 3.63) is 52.5 Å². The normalized spacial score (nSPS) is 24.9. The summed E-state index contributed by atoms with van der Waals surface area (Å²) in [6.07, 6.45) is 4.72. The first kappa shape index (κ1) is 14.8. The molecule has 2 aliphatic rings. The summed E-state index contributed by atoms with van der Waals surface area (Å²) in [4.78, 5) is 22.8. The van der Waals surface area contributed by atoms with Crippen LogP contribution in [0.5, 0.6) is 0 Å². The lowest BCUT2D eigenvalue weighted by Crippen LogP contribution is -2.44. The van der Waals surface area contributed by atoms with E-state index in [4.69, 9.17) is 0 Å². The molecule has 0 radical (unpaired) electrons. The summed E-state index contributed by atoms with van der Waals surface area (Å²) in [6, 6.07) is 8.28. The van der Waals surface area contributed by atoms with Crippen molar-refractivity contribution in [3.63, 3.8) is 0 Å². The fourth-order valence-corrected chi connectivity index (χ4v) is 4.56. The van der Waals surface area contributed by atoms with Gasteiger partial charge in [0.15, 0.2) is 0 Å². The molecule has 4 heterocycles. The first-order chi connectivity index (χ1) is 11.3. The highest BCUT2D eigenvalue weighted by atomic mass is 32.1. The molecule has 2 atom stereocenters. The number of pyridine rings is 1. The molecule has 4 rings (SSSR count). The Morgan fingerprint density at radius 1 is 1.17 bits per heavy atom. The minimum atomic E-state index is 0.186. The second kappa shape index (κ2) is 6.42. The smallest absolute Gasteiger partial charge is 0.227 e. The van der Waals surface area contributed by atoms with Crippen LogP contribution in [0.1, 0.15) is 16.9 Å². The number of nitrogens with zero attached hydrogens (tertiary/aromatic N) is 3. The molecule has 5 heteroatoms. The van der Waals surface area contributed by atoms with Gasteiger partial charge in [-0.15, -0.1) is 11.3 Å². The van der Waals surface area contributed by atoms with Crippen LogP contribution in [0.4, 0.5) is 0 Å². The van der Waals surface area contributed by atoms with E-state index in [0.717, 1.165) is 39.1 Å². The van der Waals surface area contributed by atoms with E-state index in [2.05, 4.69) is 27.4 Å². The van der Waals surface area contributed by atoms with Crippen LogP contribution in [0.3, 0.4) is 0 Å². The maximum absolute atomic E-state index is 12.8. The number of amides is 1. The molecule has 0 spiro atoms. The molecule has 0 saturated carbocycles. The van der Waals surface area contributed by atoms with Crippen molar-refractivity contribution >= 4 is 17.2 Å². The number of piperidine rings is 1. The lowest BCUT2D eigenvalue weighted by molar-refractivity contribution is -0.140. The number of fused-ring (bicyclic) bond motifs is 1. The van der Waals surface area contributed by atoms with Gasteiger partial charge in [-0.05, 0) is 41.5 Å². The Balaban J connectivity index is 1.40. The number of thiophene rings is 1.